The Morgan fingerprint density at radius 2 is 2.00 bits per heavy atom. The minimum atomic E-state index is 0.789. The summed E-state index contributed by atoms with van der Waals surface area (Å²) in [6.45, 7) is 1.96. The van der Waals surface area contributed by atoms with Gasteiger partial charge in [-0.25, -0.2) is 0 Å². The van der Waals surface area contributed by atoms with Crippen LogP contribution in [0.2, 0.25) is 0 Å². The molecule has 1 N–H and O–H groups in total. The van der Waals surface area contributed by atoms with Crippen LogP contribution in [0.25, 0.3) is 0 Å². The van der Waals surface area contributed by atoms with Gasteiger partial charge in [-0.1, -0.05) is 12.8 Å². The highest BCUT2D eigenvalue weighted by Crippen LogP contribution is 2.09. The molecule has 90 valence electrons. The summed E-state index contributed by atoms with van der Waals surface area (Å²) in [6.07, 6.45) is 8.55. The summed E-state index contributed by atoms with van der Waals surface area (Å²) in [5.74, 6) is 0.789. The van der Waals surface area contributed by atoms with Gasteiger partial charge in [0.05, 0.1) is 0 Å². The van der Waals surface area contributed by atoms with Gasteiger partial charge in [0.1, 0.15) is 0 Å². The second-order valence-electron chi connectivity index (χ2n) is 3.79. The summed E-state index contributed by atoms with van der Waals surface area (Å²) < 4.78 is 1.04. The Morgan fingerprint density at radius 1 is 1.19 bits per heavy atom. The number of hydrogen-bond acceptors (Lipinski definition) is 2. The van der Waals surface area contributed by atoms with Crippen LogP contribution in [0.1, 0.15) is 31.2 Å². The highest BCUT2D eigenvalue weighted by Gasteiger charge is 1.94. The zero-order valence-corrected chi connectivity index (χ0v) is 11.7. The molecule has 0 aliphatic heterocycles. The summed E-state index contributed by atoms with van der Waals surface area (Å²) in [5.41, 5.74) is 1.22. The van der Waals surface area contributed by atoms with Crippen LogP contribution in [-0.2, 0) is 6.54 Å². The third-order valence-corrected chi connectivity index (χ3v) is 3.03. The van der Waals surface area contributed by atoms with Crippen molar-refractivity contribution < 1.29 is 0 Å². The van der Waals surface area contributed by atoms with Crippen molar-refractivity contribution >= 4 is 27.5 Å². The normalized spacial score (nSPS) is 10.6. The standard InChI is InChI=1S/C12H18BrClN2/c13-12-7-11(9-16-10-12)8-15-6-4-2-1-3-5-14/h7,9-10,15H,1-6,8H2. The quantitative estimate of drug-likeness (QED) is 0.585. The molecule has 0 unspecified atom stereocenters. The summed E-state index contributed by atoms with van der Waals surface area (Å²) in [4.78, 5) is 4.12. The number of aromatic nitrogens is 1. The second-order valence-corrected chi connectivity index (χ2v) is 5.09. The molecule has 4 heteroatoms. The van der Waals surface area contributed by atoms with Gasteiger partial charge in [-0.15, -0.1) is 11.6 Å². The molecule has 2 nitrogen and oxygen atoms in total. The third kappa shape index (κ3) is 6.46. The zero-order valence-electron chi connectivity index (χ0n) is 9.38. The van der Waals surface area contributed by atoms with Crippen LogP contribution in [0.5, 0.6) is 0 Å². The molecule has 1 aromatic rings. The number of alkyl halides is 1. The molecule has 0 aliphatic rings. The van der Waals surface area contributed by atoms with Gasteiger partial charge < -0.3 is 5.32 Å². The van der Waals surface area contributed by atoms with Crippen LogP contribution in [0.15, 0.2) is 22.9 Å². The number of nitrogens with zero attached hydrogens (tertiary/aromatic N) is 1. The zero-order chi connectivity index (χ0) is 11.6. The van der Waals surface area contributed by atoms with Gasteiger partial charge in [0.2, 0.25) is 0 Å². The van der Waals surface area contributed by atoms with Crippen LogP contribution in [0.3, 0.4) is 0 Å². The predicted molar refractivity (Wildman–Crippen MR) is 72.8 cm³/mol. The first-order valence-corrected chi connectivity index (χ1v) is 7.02. The lowest BCUT2D eigenvalue weighted by atomic mass is 10.2. The molecule has 0 amide bonds. The second kappa shape index (κ2) is 8.97. The first kappa shape index (κ1) is 13.9. The maximum atomic E-state index is 5.61. The molecule has 1 heterocycles. The van der Waals surface area contributed by atoms with Gasteiger partial charge in [-0.3, -0.25) is 4.98 Å². The minimum absolute atomic E-state index is 0.789. The van der Waals surface area contributed by atoms with Crippen molar-refractivity contribution in [2.75, 3.05) is 12.4 Å². The molecule has 0 atom stereocenters. The fourth-order valence-corrected chi connectivity index (χ4v) is 2.08. The molecule has 0 bridgehead atoms. The SMILES string of the molecule is ClCCCCCCNCc1cncc(Br)c1. The van der Waals surface area contributed by atoms with E-state index >= 15 is 0 Å². The molecule has 1 aromatic heterocycles. The van der Waals surface area contributed by atoms with Crippen molar-refractivity contribution in [1.29, 1.82) is 0 Å². The van der Waals surface area contributed by atoms with Crippen molar-refractivity contribution in [2.45, 2.75) is 32.2 Å². The predicted octanol–water partition coefficient (Wildman–Crippen LogP) is 3.73. The number of pyridine rings is 1. The lowest BCUT2D eigenvalue weighted by Gasteiger charge is -2.04. The largest absolute Gasteiger partial charge is 0.313 e. The van der Waals surface area contributed by atoms with E-state index in [1.54, 1.807) is 6.20 Å². The average Bonchev–Trinajstić information content (AvgIpc) is 2.28. The molecule has 0 fully saturated rings. The average molecular weight is 306 g/mol. The summed E-state index contributed by atoms with van der Waals surface area (Å²) >= 11 is 9.02. The Morgan fingerprint density at radius 3 is 2.75 bits per heavy atom. The van der Waals surface area contributed by atoms with Gasteiger partial charge >= 0.3 is 0 Å². The minimum Gasteiger partial charge on any atom is -0.313 e. The van der Waals surface area contributed by atoms with Crippen molar-refractivity contribution in [3.63, 3.8) is 0 Å². The maximum Gasteiger partial charge on any atom is 0.0410 e. The molecule has 0 aromatic carbocycles. The van der Waals surface area contributed by atoms with E-state index in [0.29, 0.717) is 0 Å². The van der Waals surface area contributed by atoms with Crippen LogP contribution in [0, 0.1) is 0 Å². The molecule has 0 radical (unpaired) electrons. The molecular weight excluding hydrogens is 288 g/mol. The lowest BCUT2D eigenvalue weighted by Crippen LogP contribution is -2.14. The Bertz CT molecular complexity index is 294. The Hall–Kier alpha value is -0.120. The van der Waals surface area contributed by atoms with Gasteiger partial charge in [0, 0.05) is 29.3 Å². The fraction of sp³-hybridized carbons (Fsp3) is 0.583. The van der Waals surface area contributed by atoms with Crippen molar-refractivity contribution in [3.05, 3.63) is 28.5 Å². The van der Waals surface area contributed by atoms with Crippen molar-refractivity contribution in [2.24, 2.45) is 0 Å². The van der Waals surface area contributed by atoms with Crippen molar-refractivity contribution in [1.82, 2.24) is 10.3 Å². The summed E-state index contributed by atoms with van der Waals surface area (Å²) in [5, 5.41) is 3.41. The van der Waals surface area contributed by atoms with E-state index in [4.69, 9.17) is 11.6 Å². The Kier molecular flexibility index (Phi) is 7.81. The van der Waals surface area contributed by atoms with E-state index in [2.05, 4.69) is 32.3 Å². The van der Waals surface area contributed by atoms with Gasteiger partial charge in [0.25, 0.3) is 0 Å². The van der Waals surface area contributed by atoms with E-state index < -0.39 is 0 Å². The van der Waals surface area contributed by atoms with Crippen LogP contribution in [-0.4, -0.2) is 17.4 Å². The van der Waals surface area contributed by atoms with Crippen LogP contribution < -0.4 is 5.32 Å². The van der Waals surface area contributed by atoms with E-state index in [1.165, 1.54) is 24.8 Å². The first-order chi connectivity index (χ1) is 7.83. The monoisotopic (exact) mass is 304 g/mol. The highest BCUT2D eigenvalue weighted by molar-refractivity contribution is 9.10. The van der Waals surface area contributed by atoms with Crippen molar-refractivity contribution in [3.8, 4) is 0 Å². The van der Waals surface area contributed by atoms with Crippen LogP contribution >= 0.6 is 27.5 Å². The topological polar surface area (TPSA) is 24.9 Å². The van der Waals surface area contributed by atoms with E-state index in [1.807, 2.05) is 6.20 Å². The third-order valence-electron chi connectivity index (χ3n) is 2.33. The van der Waals surface area contributed by atoms with E-state index in [0.717, 1.165) is 29.9 Å². The molecule has 0 aliphatic carbocycles. The molecule has 0 saturated heterocycles. The van der Waals surface area contributed by atoms with E-state index in [9.17, 15) is 0 Å². The summed E-state index contributed by atoms with van der Waals surface area (Å²) in [6, 6.07) is 2.09. The Balaban J connectivity index is 2.03. The van der Waals surface area contributed by atoms with Gasteiger partial charge in [-0.05, 0) is 46.9 Å². The number of hydrogen-bond donors (Lipinski definition) is 1. The van der Waals surface area contributed by atoms with Crippen LogP contribution in [0.4, 0.5) is 0 Å². The number of halogens is 2. The van der Waals surface area contributed by atoms with Gasteiger partial charge in [0.15, 0.2) is 0 Å². The van der Waals surface area contributed by atoms with Gasteiger partial charge in [-0.2, -0.15) is 0 Å². The lowest BCUT2D eigenvalue weighted by molar-refractivity contribution is 0.598. The Labute approximate surface area is 111 Å². The number of nitrogens with one attached hydrogen (secondary N) is 1. The fourth-order valence-electron chi connectivity index (χ4n) is 1.48. The molecule has 1 rings (SSSR count). The molecule has 16 heavy (non-hydrogen) atoms. The molecular formula is C12H18BrClN2. The number of unbranched alkanes of at least 4 members (excludes halogenated alkanes) is 3. The summed E-state index contributed by atoms with van der Waals surface area (Å²) in [7, 11) is 0. The number of rotatable bonds is 8. The molecule has 0 saturated carbocycles. The highest BCUT2D eigenvalue weighted by atomic mass is 79.9. The molecule has 0 spiro atoms. The maximum absolute atomic E-state index is 5.61. The first-order valence-electron chi connectivity index (χ1n) is 5.69. The van der Waals surface area contributed by atoms with E-state index in [-0.39, 0.29) is 0 Å². The smallest absolute Gasteiger partial charge is 0.0410 e.